The summed E-state index contributed by atoms with van der Waals surface area (Å²) in [6.07, 6.45) is 0.214. The van der Waals surface area contributed by atoms with Crippen LogP contribution in [0, 0.1) is 0 Å². The highest BCUT2D eigenvalue weighted by Gasteiger charge is 2.11. The van der Waals surface area contributed by atoms with Gasteiger partial charge in [0.05, 0.1) is 23.1 Å². The van der Waals surface area contributed by atoms with E-state index in [0.29, 0.717) is 22.0 Å². The number of benzene rings is 1. The summed E-state index contributed by atoms with van der Waals surface area (Å²) in [6.45, 7) is 2.15. The minimum Gasteiger partial charge on any atom is -0.466 e. The number of alkyl halides is 1. The summed E-state index contributed by atoms with van der Waals surface area (Å²) < 4.78 is 4.89. The Balaban J connectivity index is 2.94. The molecule has 2 nitrogen and oxygen atoms in total. The number of rotatable bonds is 4. The molecule has 0 fully saturated rings. The van der Waals surface area contributed by atoms with Gasteiger partial charge in [-0.1, -0.05) is 39.1 Å². The lowest BCUT2D eigenvalue weighted by Crippen LogP contribution is -2.09. The molecule has 88 valence electrons. The quantitative estimate of drug-likeness (QED) is 0.618. The molecule has 0 heterocycles. The standard InChI is InChI=1S/C11H11BrCl2O2/c1-2-16-11(15)5-7-3-9(13)10(14)4-8(7)6-12/h3-4H,2,5-6H2,1H3. The third-order valence-corrected chi connectivity index (χ3v) is 3.35. The van der Waals surface area contributed by atoms with Crippen LogP contribution in [-0.2, 0) is 21.3 Å². The summed E-state index contributed by atoms with van der Waals surface area (Å²) in [5.41, 5.74) is 1.78. The van der Waals surface area contributed by atoms with Crippen molar-refractivity contribution >= 4 is 45.1 Å². The molecule has 0 spiro atoms. The molecule has 0 radical (unpaired) electrons. The average molecular weight is 326 g/mol. The van der Waals surface area contributed by atoms with E-state index in [-0.39, 0.29) is 12.4 Å². The minimum absolute atomic E-state index is 0.214. The molecule has 0 bridgehead atoms. The van der Waals surface area contributed by atoms with Crippen molar-refractivity contribution in [1.82, 2.24) is 0 Å². The van der Waals surface area contributed by atoms with Crippen LogP contribution in [0.5, 0.6) is 0 Å². The summed E-state index contributed by atoms with van der Waals surface area (Å²) in [7, 11) is 0. The van der Waals surface area contributed by atoms with Crippen LogP contribution >= 0.6 is 39.1 Å². The smallest absolute Gasteiger partial charge is 0.310 e. The van der Waals surface area contributed by atoms with Crippen LogP contribution < -0.4 is 0 Å². The predicted molar refractivity (Wildman–Crippen MR) is 69.4 cm³/mol. The molecule has 0 unspecified atom stereocenters. The first-order chi connectivity index (χ1) is 7.58. The van der Waals surface area contributed by atoms with E-state index in [1.807, 2.05) is 0 Å². The first kappa shape index (κ1) is 13.8. The highest BCUT2D eigenvalue weighted by atomic mass is 79.9. The van der Waals surface area contributed by atoms with Gasteiger partial charge in [-0.15, -0.1) is 0 Å². The van der Waals surface area contributed by atoms with Gasteiger partial charge in [-0.05, 0) is 30.2 Å². The van der Waals surface area contributed by atoms with E-state index in [2.05, 4.69) is 15.9 Å². The molecule has 1 aromatic rings. The van der Waals surface area contributed by atoms with Crippen molar-refractivity contribution in [3.63, 3.8) is 0 Å². The van der Waals surface area contributed by atoms with E-state index in [1.54, 1.807) is 19.1 Å². The lowest BCUT2D eigenvalue weighted by molar-refractivity contribution is -0.142. The molecule has 0 saturated carbocycles. The number of hydrogen-bond donors (Lipinski definition) is 0. The average Bonchev–Trinajstić information content (AvgIpc) is 2.23. The zero-order chi connectivity index (χ0) is 12.1. The van der Waals surface area contributed by atoms with Crippen LogP contribution in [0.2, 0.25) is 10.0 Å². The summed E-state index contributed by atoms with van der Waals surface area (Å²) in [4.78, 5) is 11.4. The molecule has 0 aliphatic heterocycles. The van der Waals surface area contributed by atoms with Gasteiger partial charge in [0.2, 0.25) is 0 Å². The van der Waals surface area contributed by atoms with Crippen LogP contribution in [-0.4, -0.2) is 12.6 Å². The van der Waals surface area contributed by atoms with E-state index < -0.39 is 0 Å². The molecule has 0 atom stereocenters. The summed E-state index contributed by atoms with van der Waals surface area (Å²) in [5, 5.41) is 1.56. The van der Waals surface area contributed by atoms with Crippen molar-refractivity contribution in [2.45, 2.75) is 18.7 Å². The van der Waals surface area contributed by atoms with Crippen LogP contribution in [0.4, 0.5) is 0 Å². The fourth-order valence-electron chi connectivity index (χ4n) is 1.29. The molecular weight excluding hydrogens is 315 g/mol. The number of hydrogen-bond acceptors (Lipinski definition) is 2. The maximum atomic E-state index is 11.4. The fraction of sp³-hybridized carbons (Fsp3) is 0.364. The molecule has 0 saturated heterocycles. The molecular formula is C11H11BrCl2O2. The Morgan fingerprint density at radius 3 is 2.38 bits per heavy atom. The Morgan fingerprint density at radius 2 is 1.88 bits per heavy atom. The Hall–Kier alpha value is -0.250. The van der Waals surface area contributed by atoms with Gasteiger partial charge in [0.25, 0.3) is 0 Å². The van der Waals surface area contributed by atoms with Gasteiger partial charge in [-0.3, -0.25) is 4.79 Å². The van der Waals surface area contributed by atoms with Crippen molar-refractivity contribution in [1.29, 1.82) is 0 Å². The maximum absolute atomic E-state index is 11.4. The van der Waals surface area contributed by atoms with Crippen molar-refractivity contribution < 1.29 is 9.53 Å². The predicted octanol–water partition coefficient (Wildman–Crippen LogP) is 3.99. The number of ether oxygens (including phenoxy) is 1. The molecule has 0 aromatic heterocycles. The monoisotopic (exact) mass is 324 g/mol. The number of carbonyl (C=O) groups is 1. The second-order valence-corrected chi connectivity index (χ2v) is 4.53. The highest BCUT2D eigenvalue weighted by Crippen LogP contribution is 2.27. The molecule has 1 rings (SSSR count). The topological polar surface area (TPSA) is 26.3 Å². The molecule has 0 amide bonds. The van der Waals surface area contributed by atoms with E-state index in [4.69, 9.17) is 27.9 Å². The van der Waals surface area contributed by atoms with Gasteiger partial charge in [-0.25, -0.2) is 0 Å². The third-order valence-electron chi connectivity index (χ3n) is 2.03. The van der Waals surface area contributed by atoms with E-state index in [1.165, 1.54) is 0 Å². The number of halogens is 3. The highest BCUT2D eigenvalue weighted by molar-refractivity contribution is 9.08. The molecule has 0 aliphatic carbocycles. The zero-order valence-corrected chi connectivity index (χ0v) is 11.8. The molecule has 16 heavy (non-hydrogen) atoms. The second-order valence-electron chi connectivity index (χ2n) is 3.15. The molecule has 0 N–H and O–H groups in total. The zero-order valence-electron chi connectivity index (χ0n) is 8.73. The van der Waals surface area contributed by atoms with Gasteiger partial charge in [0.15, 0.2) is 0 Å². The van der Waals surface area contributed by atoms with E-state index >= 15 is 0 Å². The SMILES string of the molecule is CCOC(=O)Cc1cc(Cl)c(Cl)cc1CBr. The lowest BCUT2D eigenvalue weighted by Gasteiger charge is -2.08. The van der Waals surface area contributed by atoms with Crippen molar-refractivity contribution in [2.24, 2.45) is 0 Å². The van der Waals surface area contributed by atoms with Gasteiger partial charge in [0.1, 0.15) is 0 Å². The summed E-state index contributed by atoms with van der Waals surface area (Å²) >= 11 is 15.1. The van der Waals surface area contributed by atoms with Crippen LogP contribution in [0.1, 0.15) is 18.1 Å². The van der Waals surface area contributed by atoms with Gasteiger partial charge >= 0.3 is 5.97 Å². The first-order valence-electron chi connectivity index (χ1n) is 4.76. The minimum atomic E-state index is -0.261. The van der Waals surface area contributed by atoms with E-state index in [9.17, 15) is 4.79 Å². The Labute approximate surface area is 113 Å². The van der Waals surface area contributed by atoms with Gasteiger partial charge in [0, 0.05) is 5.33 Å². The summed E-state index contributed by atoms with van der Waals surface area (Å²) in [5.74, 6) is -0.261. The van der Waals surface area contributed by atoms with Crippen LogP contribution in [0.25, 0.3) is 0 Å². The van der Waals surface area contributed by atoms with Crippen molar-refractivity contribution in [3.05, 3.63) is 33.3 Å². The largest absolute Gasteiger partial charge is 0.466 e. The summed E-state index contributed by atoms with van der Waals surface area (Å²) in [6, 6.07) is 3.46. The Morgan fingerprint density at radius 1 is 1.31 bits per heavy atom. The van der Waals surface area contributed by atoms with Crippen molar-refractivity contribution in [3.8, 4) is 0 Å². The lowest BCUT2D eigenvalue weighted by atomic mass is 10.1. The first-order valence-corrected chi connectivity index (χ1v) is 6.64. The van der Waals surface area contributed by atoms with Gasteiger partial charge in [-0.2, -0.15) is 0 Å². The van der Waals surface area contributed by atoms with Gasteiger partial charge < -0.3 is 4.74 Å². The molecule has 1 aromatic carbocycles. The Bertz CT molecular complexity index is 394. The maximum Gasteiger partial charge on any atom is 0.310 e. The molecule has 0 aliphatic rings. The third kappa shape index (κ3) is 3.65. The van der Waals surface area contributed by atoms with Crippen LogP contribution in [0.3, 0.4) is 0 Å². The van der Waals surface area contributed by atoms with E-state index in [0.717, 1.165) is 11.1 Å². The Kier molecular flexibility index (Phi) is 5.59. The van der Waals surface area contributed by atoms with Crippen LogP contribution in [0.15, 0.2) is 12.1 Å². The fourth-order valence-corrected chi connectivity index (χ4v) is 2.18. The van der Waals surface area contributed by atoms with Crippen molar-refractivity contribution in [2.75, 3.05) is 6.61 Å². The number of carbonyl (C=O) groups excluding carboxylic acids is 1. The normalized spacial score (nSPS) is 10.2. The second kappa shape index (κ2) is 6.48. The molecule has 5 heteroatoms. The number of esters is 1.